The van der Waals surface area contributed by atoms with Gasteiger partial charge in [-0.15, -0.1) is 0 Å². The molecule has 1 amide bonds. The van der Waals surface area contributed by atoms with Crippen molar-refractivity contribution in [2.24, 2.45) is 0 Å². The number of pyridine rings is 1. The number of halogens is 3. The molecule has 12 heteroatoms. The van der Waals surface area contributed by atoms with Gasteiger partial charge in [0.1, 0.15) is 11.5 Å². The highest BCUT2D eigenvalue weighted by Gasteiger charge is 2.46. The number of alkyl halides is 3. The highest BCUT2D eigenvalue weighted by molar-refractivity contribution is 6.27. The van der Waals surface area contributed by atoms with Gasteiger partial charge in [0.15, 0.2) is 5.82 Å². The number of rotatable bonds is 7. The third kappa shape index (κ3) is 4.95. The van der Waals surface area contributed by atoms with Crippen LogP contribution in [-0.2, 0) is 16.8 Å². The van der Waals surface area contributed by atoms with E-state index in [-0.39, 0.29) is 24.4 Å². The topological polar surface area (TPSA) is 119 Å². The number of benzene rings is 1. The summed E-state index contributed by atoms with van der Waals surface area (Å²) >= 11 is 0. The summed E-state index contributed by atoms with van der Waals surface area (Å²) in [5, 5.41) is 6.82. The lowest BCUT2D eigenvalue weighted by molar-refractivity contribution is -0.136. The third-order valence-electron chi connectivity index (χ3n) is 6.61. The van der Waals surface area contributed by atoms with Crippen molar-refractivity contribution in [3.8, 4) is 11.5 Å². The maximum absolute atomic E-state index is 13.5. The fourth-order valence-corrected chi connectivity index (χ4v) is 4.93. The Morgan fingerprint density at radius 2 is 1.97 bits per heavy atom. The second kappa shape index (κ2) is 9.41. The molecule has 1 aromatic carbocycles. The smallest absolute Gasteiger partial charge is 0.439 e. The Morgan fingerprint density at radius 3 is 2.65 bits per heavy atom. The van der Waals surface area contributed by atoms with E-state index in [2.05, 4.69) is 25.0 Å². The van der Waals surface area contributed by atoms with E-state index in [0.29, 0.717) is 42.0 Å². The molecule has 0 saturated carbocycles. The van der Waals surface area contributed by atoms with Crippen molar-refractivity contribution in [2.45, 2.75) is 43.8 Å². The molecule has 194 valence electrons. The summed E-state index contributed by atoms with van der Waals surface area (Å²) in [6, 6.07) is 8.80. The van der Waals surface area contributed by atoms with Gasteiger partial charge >= 0.3 is 11.9 Å². The number of aryl methyl sites for hydroxylation is 1. The van der Waals surface area contributed by atoms with Crippen LogP contribution in [0.2, 0.25) is 0 Å². The molecule has 1 aliphatic heterocycles. The number of carbonyl (C=O) groups is 1. The minimum absolute atomic E-state index is 0.00536. The molecule has 2 aromatic heterocycles. The molecule has 0 bridgehead atoms. The van der Waals surface area contributed by atoms with Crippen LogP contribution >= 0.6 is 0 Å². The van der Waals surface area contributed by atoms with Crippen molar-refractivity contribution in [3.05, 3.63) is 69.7 Å². The molecule has 3 aromatic rings. The van der Waals surface area contributed by atoms with Crippen molar-refractivity contribution in [1.82, 2.24) is 20.4 Å². The lowest BCUT2D eigenvalue weighted by Crippen LogP contribution is -2.48. The second-order valence-electron chi connectivity index (χ2n) is 8.98. The quantitative estimate of drug-likeness (QED) is 0.459. The summed E-state index contributed by atoms with van der Waals surface area (Å²) in [5.74, 6) is -0.195. The SMILES string of the molecule is COc1ccc(C2=C(c3noc(=O)[nH]3)C(=O)N[C@@]3(CCc4cc(OCCCC(F)(F)F)ccc43)C2)nc1. The summed E-state index contributed by atoms with van der Waals surface area (Å²) in [5.41, 5.74) is 2.35. The van der Waals surface area contributed by atoms with E-state index >= 15 is 0 Å². The minimum Gasteiger partial charge on any atom is -0.495 e. The van der Waals surface area contributed by atoms with E-state index < -0.39 is 29.8 Å². The van der Waals surface area contributed by atoms with E-state index in [9.17, 15) is 22.8 Å². The average Bonchev–Trinajstić information content (AvgIpc) is 3.44. The Balaban J connectivity index is 1.46. The largest absolute Gasteiger partial charge is 0.495 e. The molecule has 37 heavy (non-hydrogen) atoms. The molecule has 2 N–H and O–H groups in total. The number of nitrogens with one attached hydrogen (secondary N) is 2. The number of carbonyl (C=O) groups excluding carboxylic acids is 1. The maximum Gasteiger partial charge on any atom is 0.439 e. The minimum atomic E-state index is -4.21. The fraction of sp³-hybridized carbons (Fsp3) is 0.360. The molecule has 0 unspecified atom stereocenters. The van der Waals surface area contributed by atoms with Gasteiger partial charge in [-0.2, -0.15) is 13.2 Å². The van der Waals surface area contributed by atoms with Gasteiger partial charge in [0, 0.05) is 12.8 Å². The molecule has 9 nitrogen and oxygen atoms in total. The first-order valence-electron chi connectivity index (χ1n) is 11.6. The molecule has 1 atom stereocenters. The number of aromatic amines is 1. The van der Waals surface area contributed by atoms with Gasteiger partial charge < -0.3 is 14.8 Å². The normalized spacial score (nSPS) is 19.2. The summed E-state index contributed by atoms with van der Waals surface area (Å²) in [4.78, 5) is 32.0. The van der Waals surface area contributed by atoms with Crippen molar-refractivity contribution in [2.75, 3.05) is 13.7 Å². The molecule has 0 fully saturated rings. The molecule has 3 heterocycles. The molecular weight excluding hydrogens is 493 g/mol. The maximum atomic E-state index is 13.5. The van der Waals surface area contributed by atoms with E-state index in [1.54, 1.807) is 18.2 Å². The van der Waals surface area contributed by atoms with Crippen LogP contribution < -0.4 is 20.5 Å². The van der Waals surface area contributed by atoms with Crippen molar-refractivity contribution in [1.29, 1.82) is 0 Å². The van der Waals surface area contributed by atoms with Gasteiger partial charge in [-0.1, -0.05) is 11.2 Å². The number of amides is 1. The van der Waals surface area contributed by atoms with Crippen molar-refractivity contribution < 1.29 is 32.0 Å². The Hall–Kier alpha value is -4.09. The molecule has 0 saturated heterocycles. The average molecular weight is 516 g/mol. The predicted octanol–water partition coefficient (Wildman–Crippen LogP) is 3.76. The van der Waals surface area contributed by atoms with Gasteiger partial charge in [-0.05, 0) is 60.2 Å². The number of nitrogens with zero attached hydrogens (tertiary/aromatic N) is 2. The Kier molecular flexibility index (Phi) is 6.26. The number of methoxy groups -OCH3 is 1. The van der Waals surface area contributed by atoms with Crippen LogP contribution in [0.4, 0.5) is 13.2 Å². The zero-order chi connectivity index (χ0) is 26.2. The number of fused-ring (bicyclic) bond motifs is 2. The standard InChI is InChI=1S/C25H23F3N4O5/c1-35-16-4-6-19(29-13-16)17-12-24(31-22(33)20(17)21-30-23(34)37-32-21)9-7-14-11-15(3-5-18(14)24)36-10-2-8-25(26,27)28/h3-6,11,13H,2,7-10,12H2,1H3,(H,31,33)(H,30,32,34)/t24-/m0/s1. The predicted molar refractivity (Wildman–Crippen MR) is 125 cm³/mol. The van der Waals surface area contributed by atoms with Gasteiger partial charge in [0.2, 0.25) is 0 Å². The van der Waals surface area contributed by atoms with Gasteiger partial charge in [0.25, 0.3) is 5.91 Å². The molecule has 1 spiro atoms. The third-order valence-corrected chi connectivity index (χ3v) is 6.61. The van der Waals surface area contributed by atoms with E-state index in [1.165, 1.54) is 13.3 Å². The first-order valence-corrected chi connectivity index (χ1v) is 11.6. The monoisotopic (exact) mass is 516 g/mol. The van der Waals surface area contributed by atoms with E-state index in [0.717, 1.165) is 11.1 Å². The fourth-order valence-electron chi connectivity index (χ4n) is 4.93. The zero-order valence-corrected chi connectivity index (χ0v) is 19.8. The first-order chi connectivity index (χ1) is 17.7. The van der Waals surface area contributed by atoms with Crippen LogP contribution in [0.1, 0.15) is 48.3 Å². The zero-order valence-electron chi connectivity index (χ0n) is 19.8. The van der Waals surface area contributed by atoms with Gasteiger partial charge in [0.05, 0.1) is 36.7 Å². The molecule has 5 rings (SSSR count). The lowest BCUT2D eigenvalue weighted by Gasteiger charge is -2.37. The summed E-state index contributed by atoms with van der Waals surface area (Å²) in [6.07, 6.45) is -2.12. The summed E-state index contributed by atoms with van der Waals surface area (Å²) in [6.45, 7) is -0.0462. The molecular formula is C25H23F3N4O5. The van der Waals surface area contributed by atoms with Crippen molar-refractivity contribution >= 4 is 17.1 Å². The van der Waals surface area contributed by atoms with Crippen LogP contribution in [-0.4, -0.2) is 40.9 Å². The lowest BCUT2D eigenvalue weighted by atomic mass is 9.78. The summed E-state index contributed by atoms with van der Waals surface area (Å²) in [7, 11) is 1.52. The number of H-pyrrole nitrogens is 1. The van der Waals surface area contributed by atoms with E-state index in [1.807, 2.05) is 12.1 Å². The Labute approximate surface area is 208 Å². The van der Waals surface area contributed by atoms with Crippen LogP contribution in [0, 0.1) is 0 Å². The summed E-state index contributed by atoms with van der Waals surface area (Å²) < 4.78 is 52.6. The number of hydrogen-bond donors (Lipinski definition) is 2. The highest BCUT2D eigenvalue weighted by atomic mass is 19.4. The highest BCUT2D eigenvalue weighted by Crippen LogP contribution is 2.48. The van der Waals surface area contributed by atoms with Crippen LogP contribution in [0.25, 0.3) is 11.1 Å². The Bertz CT molecular complexity index is 1410. The first kappa shape index (κ1) is 24.6. The Morgan fingerprint density at radius 1 is 1.16 bits per heavy atom. The molecule has 1 aliphatic carbocycles. The van der Waals surface area contributed by atoms with Crippen LogP contribution in [0.3, 0.4) is 0 Å². The van der Waals surface area contributed by atoms with Crippen LogP contribution in [0.15, 0.2) is 45.8 Å². The molecule has 2 aliphatic rings. The number of ether oxygens (including phenoxy) is 2. The van der Waals surface area contributed by atoms with Crippen LogP contribution in [0.5, 0.6) is 11.5 Å². The molecule has 0 radical (unpaired) electrons. The van der Waals surface area contributed by atoms with Crippen molar-refractivity contribution in [3.63, 3.8) is 0 Å². The van der Waals surface area contributed by atoms with E-state index in [4.69, 9.17) is 9.47 Å². The number of hydrogen-bond acceptors (Lipinski definition) is 7. The number of aromatic nitrogens is 3. The van der Waals surface area contributed by atoms with Gasteiger partial charge in [-0.3, -0.25) is 19.3 Å². The second-order valence-corrected chi connectivity index (χ2v) is 8.98. The van der Waals surface area contributed by atoms with Gasteiger partial charge in [-0.25, -0.2) is 4.79 Å².